The third-order valence-electron chi connectivity index (χ3n) is 2.57. The Hall–Kier alpha value is -1.30. The predicted octanol–water partition coefficient (Wildman–Crippen LogP) is 4.46. The maximum absolute atomic E-state index is 10.7. The zero-order valence-electron chi connectivity index (χ0n) is 10.0. The molecule has 7 heteroatoms. The van der Waals surface area contributed by atoms with Crippen molar-refractivity contribution < 1.29 is 9.90 Å². The van der Waals surface area contributed by atoms with Crippen LogP contribution in [0.2, 0.25) is 10.0 Å². The number of hydrogen-bond acceptors (Lipinski definition) is 3. The molecule has 0 aliphatic rings. The van der Waals surface area contributed by atoms with Crippen molar-refractivity contribution >= 4 is 50.8 Å². The van der Waals surface area contributed by atoms with Gasteiger partial charge < -0.3 is 10.4 Å². The summed E-state index contributed by atoms with van der Waals surface area (Å²) in [5, 5.41) is 12.7. The van der Waals surface area contributed by atoms with Gasteiger partial charge in [0.25, 0.3) is 0 Å². The molecule has 1 heterocycles. The van der Waals surface area contributed by atoms with Crippen LogP contribution in [0, 0.1) is 0 Å². The van der Waals surface area contributed by atoms with Gasteiger partial charge in [0.15, 0.2) is 0 Å². The second kappa shape index (κ2) is 6.43. The number of nitrogens with zero attached hydrogens (tertiary/aromatic N) is 1. The van der Waals surface area contributed by atoms with E-state index in [1.54, 1.807) is 18.2 Å². The summed E-state index contributed by atoms with van der Waals surface area (Å²) < 4.78 is 0.721. The van der Waals surface area contributed by atoms with E-state index in [-0.39, 0.29) is 5.56 Å². The van der Waals surface area contributed by atoms with Gasteiger partial charge in [0.05, 0.1) is 33.5 Å². The molecular formula is C13H9BrCl2N2O2. The predicted molar refractivity (Wildman–Crippen MR) is 82.7 cm³/mol. The van der Waals surface area contributed by atoms with Crippen LogP contribution in [0.5, 0.6) is 0 Å². The summed E-state index contributed by atoms with van der Waals surface area (Å²) in [7, 11) is 0. The Morgan fingerprint density at radius 1 is 1.25 bits per heavy atom. The number of aromatic nitrogens is 1. The Labute approximate surface area is 133 Å². The molecule has 1 aromatic carbocycles. The lowest BCUT2D eigenvalue weighted by atomic mass is 10.2. The van der Waals surface area contributed by atoms with E-state index in [0.717, 1.165) is 4.47 Å². The molecule has 2 N–H and O–H groups in total. The molecule has 0 amide bonds. The minimum atomic E-state index is -1.00. The fourth-order valence-corrected chi connectivity index (χ4v) is 2.34. The van der Waals surface area contributed by atoms with E-state index in [1.165, 1.54) is 12.3 Å². The van der Waals surface area contributed by atoms with E-state index < -0.39 is 5.97 Å². The summed E-state index contributed by atoms with van der Waals surface area (Å²) in [6.07, 6.45) is 1.31. The largest absolute Gasteiger partial charge is 0.478 e. The highest BCUT2D eigenvalue weighted by atomic mass is 79.9. The standard InChI is InChI=1S/C13H9BrCl2N2O2/c14-9-3-4-10(12(16)11(9)15)18-6-8-2-1-7(5-17-8)13(19)20/h1-5,18H,6H2,(H,19,20). The van der Waals surface area contributed by atoms with Gasteiger partial charge in [0, 0.05) is 10.7 Å². The smallest absolute Gasteiger partial charge is 0.337 e. The van der Waals surface area contributed by atoms with Crippen LogP contribution < -0.4 is 5.32 Å². The number of carbonyl (C=O) groups is 1. The molecule has 0 atom stereocenters. The second-order valence-corrected chi connectivity index (χ2v) is 5.53. The Balaban J connectivity index is 2.09. The average Bonchev–Trinajstić information content (AvgIpc) is 2.44. The van der Waals surface area contributed by atoms with Crippen LogP contribution >= 0.6 is 39.1 Å². The zero-order chi connectivity index (χ0) is 14.7. The number of nitrogens with one attached hydrogen (secondary N) is 1. The molecule has 4 nitrogen and oxygen atoms in total. The SMILES string of the molecule is O=C(O)c1ccc(CNc2ccc(Br)c(Cl)c2Cl)nc1. The van der Waals surface area contributed by atoms with Crippen LogP contribution in [0.4, 0.5) is 5.69 Å². The van der Waals surface area contributed by atoms with E-state index in [0.29, 0.717) is 28.0 Å². The van der Waals surface area contributed by atoms with Gasteiger partial charge in [-0.2, -0.15) is 0 Å². The molecule has 0 spiro atoms. The van der Waals surface area contributed by atoms with E-state index in [9.17, 15) is 4.79 Å². The molecule has 104 valence electrons. The third-order valence-corrected chi connectivity index (χ3v) is 4.34. The Kier molecular flexibility index (Phi) is 4.86. The van der Waals surface area contributed by atoms with Gasteiger partial charge in [-0.15, -0.1) is 0 Å². The van der Waals surface area contributed by atoms with Gasteiger partial charge in [0.1, 0.15) is 0 Å². The lowest BCUT2D eigenvalue weighted by molar-refractivity contribution is 0.0696. The minimum absolute atomic E-state index is 0.151. The molecule has 0 bridgehead atoms. The third kappa shape index (κ3) is 3.42. The summed E-state index contributed by atoms with van der Waals surface area (Å²) in [6, 6.07) is 6.73. The number of pyridine rings is 1. The van der Waals surface area contributed by atoms with Gasteiger partial charge >= 0.3 is 5.97 Å². The van der Waals surface area contributed by atoms with Crippen LogP contribution in [-0.2, 0) is 6.54 Å². The molecule has 1 aromatic heterocycles. The Morgan fingerprint density at radius 2 is 2.00 bits per heavy atom. The molecule has 0 aliphatic carbocycles. The molecule has 0 aliphatic heterocycles. The number of carboxylic acids is 1. The highest BCUT2D eigenvalue weighted by molar-refractivity contribution is 9.10. The van der Waals surface area contributed by atoms with Crippen LogP contribution in [0.1, 0.15) is 16.1 Å². The number of anilines is 1. The van der Waals surface area contributed by atoms with Crippen molar-refractivity contribution in [3.05, 3.63) is 56.2 Å². The monoisotopic (exact) mass is 374 g/mol. The number of halogens is 3. The topological polar surface area (TPSA) is 62.2 Å². The first-order chi connectivity index (χ1) is 9.49. The number of rotatable bonds is 4. The van der Waals surface area contributed by atoms with Crippen molar-refractivity contribution in [3.63, 3.8) is 0 Å². The summed E-state index contributed by atoms with van der Waals surface area (Å²) in [5.74, 6) is -1.00. The van der Waals surface area contributed by atoms with E-state index in [2.05, 4.69) is 26.2 Å². The van der Waals surface area contributed by atoms with Crippen molar-refractivity contribution in [2.45, 2.75) is 6.54 Å². The molecule has 0 saturated heterocycles. The Bertz CT molecular complexity index is 648. The zero-order valence-corrected chi connectivity index (χ0v) is 13.1. The average molecular weight is 376 g/mol. The first-order valence-corrected chi connectivity index (χ1v) is 7.09. The highest BCUT2D eigenvalue weighted by Gasteiger charge is 2.08. The Morgan fingerprint density at radius 3 is 2.60 bits per heavy atom. The van der Waals surface area contributed by atoms with Gasteiger partial charge in [0.2, 0.25) is 0 Å². The summed E-state index contributed by atoms with van der Waals surface area (Å²) in [4.78, 5) is 14.8. The van der Waals surface area contributed by atoms with Gasteiger partial charge in [-0.3, -0.25) is 4.98 Å². The number of hydrogen-bond donors (Lipinski definition) is 2. The fourth-order valence-electron chi connectivity index (χ4n) is 1.50. The molecule has 2 aromatic rings. The molecule has 20 heavy (non-hydrogen) atoms. The molecule has 0 fully saturated rings. The van der Waals surface area contributed by atoms with Gasteiger partial charge in [-0.25, -0.2) is 4.79 Å². The van der Waals surface area contributed by atoms with E-state index >= 15 is 0 Å². The lowest BCUT2D eigenvalue weighted by Gasteiger charge is -2.10. The minimum Gasteiger partial charge on any atom is -0.478 e. The normalized spacial score (nSPS) is 10.3. The maximum Gasteiger partial charge on any atom is 0.337 e. The fraction of sp³-hybridized carbons (Fsp3) is 0.0769. The molecule has 0 unspecified atom stereocenters. The lowest BCUT2D eigenvalue weighted by Crippen LogP contribution is -2.04. The van der Waals surface area contributed by atoms with Gasteiger partial charge in [-0.1, -0.05) is 23.2 Å². The first-order valence-electron chi connectivity index (χ1n) is 5.54. The first kappa shape index (κ1) is 15.1. The van der Waals surface area contributed by atoms with Crippen LogP contribution in [-0.4, -0.2) is 16.1 Å². The second-order valence-electron chi connectivity index (χ2n) is 3.92. The van der Waals surface area contributed by atoms with Crippen LogP contribution in [0.25, 0.3) is 0 Å². The van der Waals surface area contributed by atoms with E-state index in [4.69, 9.17) is 28.3 Å². The van der Waals surface area contributed by atoms with Crippen molar-refractivity contribution in [1.82, 2.24) is 4.98 Å². The number of carboxylic acid groups (broad SMARTS) is 1. The quantitative estimate of drug-likeness (QED) is 0.774. The highest BCUT2D eigenvalue weighted by Crippen LogP contribution is 2.35. The summed E-state index contributed by atoms with van der Waals surface area (Å²) >= 11 is 15.4. The van der Waals surface area contributed by atoms with Crippen LogP contribution in [0.3, 0.4) is 0 Å². The molecular weight excluding hydrogens is 367 g/mol. The molecule has 0 radical (unpaired) electrons. The van der Waals surface area contributed by atoms with Crippen molar-refractivity contribution in [2.75, 3.05) is 5.32 Å². The molecule has 2 rings (SSSR count). The maximum atomic E-state index is 10.7. The number of aromatic carboxylic acids is 1. The van der Waals surface area contributed by atoms with Crippen LogP contribution in [0.15, 0.2) is 34.9 Å². The molecule has 0 saturated carbocycles. The summed E-state index contributed by atoms with van der Waals surface area (Å²) in [5.41, 5.74) is 1.53. The van der Waals surface area contributed by atoms with Crippen molar-refractivity contribution in [2.24, 2.45) is 0 Å². The van der Waals surface area contributed by atoms with Gasteiger partial charge in [-0.05, 0) is 40.2 Å². The summed E-state index contributed by atoms with van der Waals surface area (Å²) in [6.45, 7) is 0.414. The van der Waals surface area contributed by atoms with Crippen molar-refractivity contribution in [3.8, 4) is 0 Å². The number of benzene rings is 1. The van der Waals surface area contributed by atoms with E-state index in [1.807, 2.05) is 0 Å². The van der Waals surface area contributed by atoms with Crippen molar-refractivity contribution in [1.29, 1.82) is 0 Å².